The summed E-state index contributed by atoms with van der Waals surface area (Å²) in [7, 11) is 0. The van der Waals surface area contributed by atoms with E-state index in [1.165, 1.54) is 12.1 Å². The number of quaternary nitrogens is 1. The summed E-state index contributed by atoms with van der Waals surface area (Å²) in [5, 5.41) is -0.108. The second-order valence-electron chi connectivity index (χ2n) is 11.1. The largest absolute Gasteiger partial charge is 0.494 e. The summed E-state index contributed by atoms with van der Waals surface area (Å²) in [6, 6.07) is 12.5. The van der Waals surface area contributed by atoms with Crippen molar-refractivity contribution in [2.75, 3.05) is 19.7 Å². The van der Waals surface area contributed by atoms with E-state index in [-0.39, 0.29) is 40.1 Å². The lowest BCUT2D eigenvalue weighted by Gasteiger charge is -2.21. The fraction of sp³-hybridized carbons (Fsp3) is 0.371. The summed E-state index contributed by atoms with van der Waals surface area (Å²) in [4.78, 5) is 28.0. The van der Waals surface area contributed by atoms with Crippen molar-refractivity contribution < 1.29 is 41.5 Å². The number of rotatable bonds is 12. The zero-order valence-corrected chi connectivity index (χ0v) is 26.4. The van der Waals surface area contributed by atoms with E-state index in [1.807, 2.05) is 33.8 Å². The fourth-order valence-electron chi connectivity index (χ4n) is 5.31. The van der Waals surface area contributed by atoms with Crippen LogP contribution in [0.4, 0.5) is 13.2 Å². The summed E-state index contributed by atoms with van der Waals surface area (Å²) in [5.41, 5.74) is 1.33. The standard InChI is InChI=1S/C35H38F3NO6/c1-7-16-39(17-8-2)20-27-28(44-34(41)24-10-12-25(13-11-24)42-9-3)15-14-26-30(40)32(33(35(36,37)38)45-31(26)27)43-29-19-21(4)18-22(5)23(29)6/h10-15,18-19H,7-9,16-17,20H2,1-6H3/p+1. The van der Waals surface area contributed by atoms with Crippen LogP contribution in [0.3, 0.4) is 0 Å². The molecule has 0 amide bonds. The molecule has 0 radical (unpaired) electrons. The number of fused-ring (bicyclic) bond motifs is 1. The maximum atomic E-state index is 14.6. The average molecular weight is 627 g/mol. The van der Waals surface area contributed by atoms with Crippen LogP contribution in [0.15, 0.2) is 57.7 Å². The molecule has 4 aromatic rings. The molecule has 0 aliphatic carbocycles. The Balaban J connectivity index is 1.90. The molecular formula is C35H39F3NO6+. The van der Waals surface area contributed by atoms with Crippen LogP contribution >= 0.6 is 0 Å². The van der Waals surface area contributed by atoms with Crippen molar-refractivity contribution in [2.45, 2.75) is 67.1 Å². The van der Waals surface area contributed by atoms with Gasteiger partial charge in [0.2, 0.25) is 11.2 Å². The van der Waals surface area contributed by atoms with Crippen LogP contribution in [0.2, 0.25) is 0 Å². The Morgan fingerprint density at radius 1 is 0.911 bits per heavy atom. The van der Waals surface area contributed by atoms with Gasteiger partial charge in [-0.05, 0) is 99.7 Å². The van der Waals surface area contributed by atoms with E-state index in [4.69, 9.17) is 18.6 Å². The van der Waals surface area contributed by atoms with Crippen molar-refractivity contribution in [1.29, 1.82) is 0 Å². The molecule has 240 valence electrons. The summed E-state index contributed by atoms with van der Waals surface area (Å²) >= 11 is 0. The molecule has 10 heteroatoms. The number of nitrogens with one attached hydrogen (secondary N) is 1. The fourth-order valence-corrected chi connectivity index (χ4v) is 5.31. The molecule has 0 aliphatic heterocycles. The van der Waals surface area contributed by atoms with E-state index in [1.54, 1.807) is 44.2 Å². The predicted octanol–water partition coefficient (Wildman–Crippen LogP) is 7.35. The van der Waals surface area contributed by atoms with Gasteiger partial charge in [0.25, 0.3) is 5.76 Å². The van der Waals surface area contributed by atoms with Gasteiger partial charge in [-0.25, -0.2) is 4.79 Å². The zero-order chi connectivity index (χ0) is 32.9. The molecule has 0 saturated heterocycles. The van der Waals surface area contributed by atoms with Gasteiger partial charge in [-0.1, -0.05) is 19.9 Å². The third-order valence-corrected chi connectivity index (χ3v) is 7.55. The van der Waals surface area contributed by atoms with Gasteiger partial charge in [0.15, 0.2) is 5.58 Å². The highest BCUT2D eigenvalue weighted by Crippen LogP contribution is 2.41. The monoisotopic (exact) mass is 626 g/mol. The number of hydrogen-bond donors (Lipinski definition) is 1. The van der Waals surface area contributed by atoms with E-state index in [0.29, 0.717) is 31.0 Å². The summed E-state index contributed by atoms with van der Waals surface area (Å²) in [5.74, 6) is -2.49. The summed E-state index contributed by atoms with van der Waals surface area (Å²) < 4.78 is 66.2. The number of aryl methyl sites for hydroxylation is 2. The first kappa shape index (κ1) is 33.6. The van der Waals surface area contributed by atoms with Crippen molar-refractivity contribution >= 4 is 16.9 Å². The second kappa shape index (κ2) is 14.2. The molecule has 1 N–H and O–H groups in total. The highest BCUT2D eigenvalue weighted by Gasteiger charge is 2.41. The number of halogens is 3. The quantitative estimate of drug-likeness (QED) is 0.131. The van der Waals surface area contributed by atoms with Gasteiger partial charge in [0, 0.05) is 0 Å². The molecule has 4 rings (SSSR count). The SMILES string of the molecule is CCC[NH+](CCC)Cc1c(OC(=O)c2ccc(OCC)cc2)ccc2c(=O)c(Oc3cc(C)cc(C)c3C)c(C(F)(F)F)oc12. The first-order chi connectivity index (χ1) is 21.4. The topological polar surface area (TPSA) is 79.4 Å². The Labute approximate surface area is 260 Å². The lowest BCUT2D eigenvalue weighted by molar-refractivity contribution is -0.913. The molecule has 0 unspecified atom stereocenters. The first-order valence-corrected chi connectivity index (χ1v) is 15.1. The number of carbonyl (C=O) groups is 1. The Bertz CT molecular complexity index is 1720. The Hall–Kier alpha value is -4.31. The minimum Gasteiger partial charge on any atom is -0.494 e. The first-order valence-electron chi connectivity index (χ1n) is 15.1. The molecule has 0 atom stereocenters. The van der Waals surface area contributed by atoms with Gasteiger partial charge in [-0.2, -0.15) is 13.2 Å². The summed E-state index contributed by atoms with van der Waals surface area (Å²) in [6.45, 7) is 13.2. The lowest BCUT2D eigenvalue weighted by atomic mass is 10.1. The molecular weight excluding hydrogens is 587 g/mol. The third-order valence-electron chi connectivity index (χ3n) is 7.55. The molecule has 3 aromatic carbocycles. The number of ether oxygens (including phenoxy) is 3. The molecule has 45 heavy (non-hydrogen) atoms. The van der Waals surface area contributed by atoms with Crippen molar-refractivity contribution in [1.82, 2.24) is 0 Å². The highest BCUT2D eigenvalue weighted by molar-refractivity contribution is 5.92. The Kier molecular flexibility index (Phi) is 10.6. The van der Waals surface area contributed by atoms with E-state index in [2.05, 4.69) is 0 Å². The number of esters is 1. The van der Waals surface area contributed by atoms with Crippen LogP contribution < -0.4 is 24.5 Å². The van der Waals surface area contributed by atoms with Crippen LogP contribution in [-0.4, -0.2) is 25.7 Å². The van der Waals surface area contributed by atoms with Crippen LogP contribution in [-0.2, 0) is 12.7 Å². The maximum Gasteiger partial charge on any atom is 0.453 e. The smallest absolute Gasteiger partial charge is 0.453 e. The van der Waals surface area contributed by atoms with E-state index >= 15 is 0 Å². The minimum absolute atomic E-state index is 0.0150. The van der Waals surface area contributed by atoms with Gasteiger partial charge in [0.1, 0.15) is 23.8 Å². The van der Waals surface area contributed by atoms with Gasteiger partial charge < -0.3 is 23.5 Å². The minimum atomic E-state index is -5.05. The van der Waals surface area contributed by atoms with Gasteiger partial charge in [-0.15, -0.1) is 0 Å². The molecule has 7 nitrogen and oxygen atoms in total. The lowest BCUT2D eigenvalue weighted by Crippen LogP contribution is -3.10. The Morgan fingerprint density at radius 2 is 1.58 bits per heavy atom. The van der Waals surface area contributed by atoms with Crippen LogP contribution in [0.25, 0.3) is 11.0 Å². The highest BCUT2D eigenvalue weighted by atomic mass is 19.4. The van der Waals surface area contributed by atoms with Crippen molar-refractivity contribution in [3.8, 4) is 23.0 Å². The van der Waals surface area contributed by atoms with E-state index in [9.17, 15) is 22.8 Å². The zero-order valence-electron chi connectivity index (χ0n) is 26.4. The predicted molar refractivity (Wildman–Crippen MR) is 166 cm³/mol. The van der Waals surface area contributed by atoms with Gasteiger partial charge in [-0.3, -0.25) is 4.79 Å². The Morgan fingerprint density at radius 3 is 2.18 bits per heavy atom. The molecule has 0 fully saturated rings. The third kappa shape index (κ3) is 7.68. The normalized spacial score (nSPS) is 11.7. The molecule has 1 aromatic heterocycles. The van der Waals surface area contributed by atoms with Crippen molar-refractivity contribution in [3.05, 3.63) is 92.3 Å². The molecule has 0 aliphatic rings. The van der Waals surface area contributed by atoms with Crippen molar-refractivity contribution in [3.63, 3.8) is 0 Å². The maximum absolute atomic E-state index is 14.6. The molecule has 0 spiro atoms. The molecule has 0 saturated carbocycles. The number of benzene rings is 3. The molecule has 1 heterocycles. The van der Waals surface area contributed by atoms with Gasteiger partial charge in [0.05, 0.1) is 36.2 Å². The van der Waals surface area contributed by atoms with Crippen LogP contribution in [0, 0.1) is 20.8 Å². The number of alkyl halides is 3. The second-order valence-corrected chi connectivity index (χ2v) is 11.1. The summed E-state index contributed by atoms with van der Waals surface area (Å²) in [6.07, 6.45) is -3.43. The average Bonchev–Trinajstić information content (AvgIpc) is 2.98. The number of hydrogen-bond acceptors (Lipinski definition) is 6. The number of carbonyl (C=O) groups excluding carboxylic acids is 1. The van der Waals surface area contributed by atoms with Crippen LogP contribution in [0.1, 0.15) is 72.0 Å². The van der Waals surface area contributed by atoms with E-state index in [0.717, 1.165) is 28.9 Å². The van der Waals surface area contributed by atoms with Gasteiger partial charge >= 0.3 is 12.1 Å². The van der Waals surface area contributed by atoms with Crippen LogP contribution in [0.5, 0.6) is 23.0 Å². The van der Waals surface area contributed by atoms with E-state index < -0.39 is 29.1 Å². The molecule has 0 bridgehead atoms. The van der Waals surface area contributed by atoms with Crippen molar-refractivity contribution in [2.24, 2.45) is 0 Å².